The van der Waals surface area contributed by atoms with Gasteiger partial charge in [-0.05, 0) is 30.5 Å². The Bertz CT molecular complexity index is 1440. The number of hydrogen-bond acceptors (Lipinski definition) is 9. The van der Waals surface area contributed by atoms with Crippen LogP contribution in [0.2, 0.25) is 0 Å². The van der Waals surface area contributed by atoms with Gasteiger partial charge in [-0.1, -0.05) is 59.7 Å². The SMILES string of the molecule is O=C1Cc2ccccc2C(c2ccccc2)=NC1Nc1nnc(-c2cccnc2N2CCC(O)CC2)o1. The number of benzene rings is 2. The van der Waals surface area contributed by atoms with Gasteiger partial charge < -0.3 is 19.7 Å². The second kappa shape index (κ2) is 9.94. The standard InChI is InChI=1S/C28H26N6O3/c35-20-12-15-34(16-13-20)26-22(11-6-14-29-26)27-32-33-28(37-27)31-25-23(36)17-19-9-4-5-10-21(19)24(30-25)18-7-2-1-3-8-18/h1-11,14,20,25,35H,12-13,15-17H2,(H,31,33). The van der Waals surface area contributed by atoms with Gasteiger partial charge in [0.15, 0.2) is 11.9 Å². The summed E-state index contributed by atoms with van der Waals surface area (Å²) in [5.74, 6) is 0.940. The smallest absolute Gasteiger partial charge is 0.317 e. The van der Waals surface area contributed by atoms with Crippen molar-refractivity contribution in [2.75, 3.05) is 23.3 Å². The third-order valence-corrected chi connectivity index (χ3v) is 6.71. The third kappa shape index (κ3) is 4.73. The predicted octanol–water partition coefficient (Wildman–Crippen LogP) is 3.49. The van der Waals surface area contributed by atoms with Crippen LogP contribution in [0, 0.1) is 0 Å². The van der Waals surface area contributed by atoms with Gasteiger partial charge in [0, 0.05) is 36.8 Å². The topological polar surface area (TPSA) is 117 Å². The maximum atomic E-state index is 13.2. The van der Waals surface area contributed by atoms with Crippen LogP contribution < -0.4 is 10.2 Å². The number of nitrogens with one attached hydrogen (secondary N) is 1. The molecule has 0 saturated carbocycles. The van der Waals surface area contributed by atoms with Gasteiger partial charge in [0.05, 0.1) is 17.4 Å². The molecular weight excluding hydrogens is 468 g/mol. The molecule has 0 aliphatic carbocycles. The summed E-state index contributed by atoms with van der Waals surface area (Å²) in [6, 6.07) is 21.5. The van der Waals surface area contributed by atoms with Crippen LogP contribution in [0.3, 0.4) is 0 Å². The number of aliphatic hydroxyl groups excluding tert-OH is 1. The normalized spacial score (nSPS) is 18.2. The van der Waals surface area contributed by atoms with Crippen LogP contribution in [0.4, 0.5) is 11.8 Å². The molecule has 0 bridgehead atoms. The quantitative estimate of drug-likeness (QED) is 0.433. The number of anilines is 2. The predicted molar refractivity (Wildman–Crippen MR) is 140 cm³/mol. The molecule has 1 atom stereocenters. The number of nitrogens with zero attached hydrogens (tertiary/aromatic N) is 5. The largest absolute Gasteiger partial charge is 0.403 e. The van der Waals surface area contributed by atoms with Gasteiger partial charge in [0.25, 0.3) is 5.89 Å². The number of aliphatic hydroxyl groups is 1. The van der Waals surface area contributed by atoms with Crippen LogP contribution in [-0.2, 0) is 11.2 Å². The molecule has 0 radical (unpaired) electrons. The molecule has 1 fully saturated rings. The van der Waals surface area contributed by atoms with Crippen molar-refractivity contribution in [2.45, 2.75) is 31.5 Å². The Morgan fingerprint density at radius 2 is 1.68 bits per heavy atom. The first-order valence-electron chi connectivity index (χ1n) is 12.4. The molecule has 2 aliphatic rings. The lowest BCUT2D eigenvalue weighted by molar-refractivity contribution is -0.119. The minimum absolute atomic E-state index is 0.0907. The number of ketones is 1. The molecule has 186 valence electrons. The third-order valence-electron chi connectivity index (χ3n) is 6.71. The van der Waals surface area contributed by atoms with Crippen molar-refractivity contribution in [2.24, 2.45) is 4.99 Å². The van der Waals surface area contributed by atoms with Crippen LogP contribution in [0.1, 0.15) is 29.5 Å². The van der Waals surface area contributed by atoms with Crippen LogP contribution in [0.15, 0.2) is 82.3 Å². The number of piperidine rings is 1. The Morgan fingerprint density at radius 3 is 2.51 bits per heavy atom. The van der Waals surface area contributed by atoms with Gasteiger partial charge in [-0.3, -0.25) is 9.79 Å². The highest BCUT2D eigenvalue weighted by molar-refractivity contribution is 6.16. The summed E-state index contributed by atoms with van der Waals surface area (Å²) in [5, 5.41) is 21.3. The summed E-state index contributed by atoms with van der Waals surface area (Å²) in [5.41, 5.74) is 4.23. The van der Waals surface area contributed by atoms with E-state index in [2.05, 4.69) is 25.4 Å². The van der Waals surface area contributed by atoms with Crippen molar-refractivity contribution in [3.63, 3.8) is 0 Å². The van der Waals surface area contributed by atoms with E-state index in [1.807, 2.05) is 66.7 Å². The van der Waals surface area contributed by atoms with Crippen molar-refractivity contribution in [1.29, 1.82) is 0 Å². The summed E-state index contributed by atoms with van der Waals surface area (Å²) in [7, 11) is 0. The van der Waals surface area contributed by atoms with E-state index in [9.17, 15) is 9.90 Å². The van der Waals surface area contributed by atoms with E-state index in [1.165, 1.54) is 0 Å². The molecule has 2 aromatic carbocycles. The number of carbonyl (C=O) groups is 1. The molecule has 1 unspecified atom stereocenters. The van der Waals surface area contributed by atoms with Crippen molar-refractivity contribution in [3.8, 4) is 11.5 Å². The zero-order valence-electron chi connectivity index (χ0n) is 20.1. The molecule has 2 aromatic heterocycles. The van der Waals surface area contributed by atoms with Crippen molar-refractivity contribution < 1.29 is 14.3 Å². The Hall–Kier alpha value is -4.37. The molecule has 9 nitrogen and oxygen atoms in total. The van der Waals surface area contributed by atoms with E-state index in [-0.39, 0.29) is 24.3 Å². The highest BCUT2D eigenvalue weighted by Crippen LogP contribution is 2.31. The van der Waals surface area contributed by atoms with Gasteiger partial charge in [0.2, 0.25) is 0 Å². The average molecular weight is 495 g/mol. The molecule has 4 heterocycles. The number of aromatic nitrogens is 3. The number of Topliss-reactive ketones (excluding diaryl/α,β-unsaturated/α-hetero) is 1. The van der Waals surface area contributed by atoms with E-state index in [0.717, 1.165) is 28.2 Å². The molecule has 4 aromatic rings. The number of aliphatic imine (C=N–C) groups is 1. The summed E-state index contributed by atoms with van der Waals surface area (Å²) >= 11 is 0. The lowest BCUT2D eigenvalue weighted by Crippen LogP contribution is -2.36. The van der Waals surface area contributed by atoms with E-state index < -0.39 is 6.17 Å². The van der Waals surface area contributed by atoms with E-state index >= 15 is 0 Å². The lowest BCUT2D eigenvalue weighted by Gasteiger charge is -2.31. The maximum Gasteiger partial charge on any atom is 0.317 e. The Kier molecular flexibility index (Phi) is 6.20. The lowest BCUT2D eigenvalue weighted by atomic mass is 9.96. The van der Waals surface area contributed by atoms with Gasteiger partial charge >= 0.3 is 6.01 Å². The molecule has 2 aliphatic heterocycles. The van der Waals surface area contributed by atoms with Crippen LogP contribution in [0.5, 0.6) is 0 Å². The number of pyridine rings is 1. The molecule has 9 heteroatoms. The maximum absolute atomic E-state index is 13.2. The highest BCUT2D eigenvalue weighted by Gasteiger charge is 2.28. The fourth-order valence-corrected chi connectivity index (χ4v) is 4.80. The zero-order chi connectivity index (χ0) is 25.2. The molecule has 6 rings (SSSR count). The summed E-state index contributed by atoms with van der Waals surface area (Å²) in [6.45, 7) is 1.39. The van der Waals surface area contributed by atoms with Crippen molar-refractivity contribution >= 4 is 23.3 Å². The minimum Gasteiger partial charge on any atom is -0.403 e. The number of fused-ring (bicyclic) bond motifs is 1. The summed E-state index contributed by atoms with van der Waals surface area (Å²) in [6.07, 6.45) is 2.16. The van der Waals surface area contributed by atoms with Crippen LogP contribution in [-0.4, -0.2) is 57.1 Å². The Labute approximate surface area is 213 Å². The molecule has 0 amide bonds. The first kappa shape index (κ1) is 23.1. The fourth-order valence-electron chi connectivity index (χ4n) is 4.80. The number of hydrogen-bond donors (Lipinski definition) is 2. The second-order valence-electron chi connectivity index (χ2n) is 9.20. The summed E-state index contributed by atoms with van der Waals surface area (Å²) in [4.78, 5) is 24.7. The van der Waals surface area contributed by atoms with Crippen molar-refractivity contribution in [3.05, 3.63) is 89.6 Å². The molecule has 0 spiro atoms. The molecule has 37 heavy (non-hydrogen) atoms. The van der Waals surface area contributed by atoms with Gasteiger partial charge in [-0.2, -0.15) is 0 Å². The van der Waals surface area contributed by atoms with Gasteiger partial charge in [-0.25, -0.2) is 4.98 Å². The average Bonchev–Trinajstić information content (AvgIpc) is 3.35. The van der Waals surface area contributed by atoms with Crippen molar-refractivity contribution in [1.82, 2.24) is 15.2 Å². The van der Waals surface area contributed by atoms with E-state index in [1.54, 1.807) is 6.20 Å². The minimum atomic E-state index is -0.882. The summed E-state index contributed by atoms with van der Waals surface area (Å²) < 4.78 is 5.96. The first-order chi connectivity index (χ1) is 18.2. The van der Waals surface area contributed by atoms with Gasteiger partial charge in [-0.15, -0.1) is 5.10 Å². The number of carbonyl (C=O) groups excluding carboxylic acids is 1. The van der Waals surface area contributed by atoms with Gasteiger partial charge in [0.1, 0.15) is 5.82 Å². The van der Waals surface area contributed by atoms with Crippen LogP contribution >= 0.6 is 0 Å². The highest BCUT2D eigenvalue weighted by atomic mass is 16.4. The van der Waals surface area contributed by atoms with E-state index in [4.69, 9.17) is 9.41 Å². The first-order valence-corrected chi connectivity index (χ1v) is 12.4. The molecular formula is C28H26N6O3. The van der Waals surface area contributed by atoms with Crippen LogP contribution in [0.25, 0.3) is 11.5 Å². The Morgan fingerprint density at radius 1 is 0.919 bits per heavy atom. The Balaban J connectivity index is 1.30. The zero-order valence-corrected chi connectivity index (χ0v) is 20.1. The van der Waals surface area contributed by atoms with E-state index in [0.29, 0.717) is 37.4 Å². The fraction of sp³-hybridized carbons (Fsp3) is 0.250. The number of rotatable bonds is 5. The molecule has 1 saturated heterocycles. The monoisotopic (exact) mass is 494 g/mol. The molecule has 2 N–H and O–H groups in total. The second-order valence-corrected chi connectivity index (χ2v) is 9.20.